The summed E-state index contributed by atoms with van der Waals surface area (Å²) in [7, 11) is 0. The Morgan fingerprint density at radius 1 is 0.308 bits per heavy atom. The molecule has 0 aromatic carbocycles. The molecule has 6 aliphatic rings. The number of aliphatic hydroxyl groups is 18. The van der Waals surface area contributed by atoms with Gasteiger partial charge in [-0.3, -0.25) is 0 Å². The average molecular weight is 959 g/mol. The first kappa shape index (κ1) is 53.2. The zero-order valence-corrected chi connectivity index (χ0v) is 34.7. The number of hydrogen-bond acceptors (Lipinski definition) is 29. The minimum absolute atomic E-state index is 0.819. The number of rotatable bonds is 14. The van der Waals surface area contributed by atoms with Gasteiger partial charge in [0.05, 0.1) is 38.6 Å². The summed E-state index contributed by atoms with van der Waals surface area (Å²) in [6.07, 6.45) is -54.4. The molecule has 0 radical (unpaired) electrons. The molecule has 6 heterocycles. The van der Waals surface area contributed by atoms with E-state index in [1.165, 1.54) is 13.8 Å². The highest BCUT2D eigenvalue weighted by Gasteiger charge is 2.56. The Balaban J connectivity index is 1.21. The van der Waals surface area contributed by atoms with Crippen LogP contribution in [0.2, 0.25) is 0 Å². The standard InChI is InChI=1S/C36H62O29/c1-7-13(39)19(45)25(51)33(57-7)64-29-22(48)16(42)10(4-38)61-35(29)56-6-12-18(44)28(27(53)31(54)59-12)63-36-30(65-34-26(52)20(46)14(40)8(2)58-34)23(49)17(43)11(62-36)5-55-32-24(50)21(47)15(41)9(3-37)60-32/h7-54H,3-6H2,1-2H3/t7-,8-,9+,10+,11+,12+,13+,14+,15-,16-,17-,18-,19+,20+,21-,22-,23-,24+,25-,26-,27+,28-,29+,30+,31+,32+,33-,34-,35+,36-/m0/s1. The zero-order chi connectivity index (χ0) is 47.9. The van der Waals surface area contributed by atoms with E-state index >= 15 is 0 Å². The third-order valence-electron chi connectivity index (χ3n) is 12.3. The van der Waals surface area contributed by atoms with Crippen molar-refractivity contribution < 1.29 is 144 Å². The largest absolute Gasteiger partial charge is 0.394 e. The molecular formula is C36H62O29. The molecule has 0 aromatic rings. The Hall–Kier alpha value is -1.16. The molecule has 0 amide bonds. The minimum atomic E-state index is -2.21. The van der Waals surface area contributed by atoms with Gasteiger partial charge in [-0.15, -0.1) is 0 Å². The first-order chi connectivity index (χ1) is 30.6. The fraction of sp³-hybridized carbons (Fsp3) is 1.00. The number of hydrogen-bond donors (Lipinski definition) is 18. The molecule has 0 unspecified atom stereocenters. The predicted molar refractivity (Wildman–Crippen MR) is 196 cm³/mol. The van der Waals surface area contributed by atoms with Crippen molar-refractivity contribution in [3.8, 4) is 0 Å². The third kappa shape index (κ3) is 11.1. The molecule has 6 aliphatic heterocycles. The highest BCUT2D eigenvalue weighted by atomic mass is 16.8. The first-order valence-electron chi connectivity index (χ1n) is 20.8. The van der Waals surface area contributed by atoms with E-state index in [-0.39, 0.29) is 0 Å². The predicted octanol–water partition coefficient (Wildman–Crippen LogP) is -12.0. The number of ether oxygens (including phenoxy) is 11. The van der Waals surface area contributed by atoms with E-state index in [4.69, 9.17) is 52.1 Å². The van der Waals surface area contributed by atoms with Crippen molar-refractivity contribution in [3.05, 3.63) is 0 Å². The molecule has 6 saturated heterocycles. The zero-order valence-electron chi connectivity index (χ0n) is 34.7. The smallest absolute Gasteiger partial charge is 0.187 e. The van der Waals surface area contributed by atoms with Crippen LogP contribution in [0.4, 0.5) is 0 Å². The average Bonchev–Trinajstić information content (AvgIpc) is 3.28. The van der Waals surface area contributed by atoms with Gasteiger partial charge in [0.2, 0.25) is 0 Å². The van der Waals surface area contributed by atoms with Gasteiger partial charge >= 0.3 is 0 Å². The molecule has 0 aromatic heterocycles. The van der Waals surface area contributed by atoms with E-state index in [1.54, 1.807) is 0 Å². The Labute approximate surface area is 368 Å². The Morgan fingerprint density at radius 3 is 1.18 bits per heavy atom. The minimum Gasteiger partial charge on any atom is -0.394 e. The molecule has 6 rings (SSSR count). The summed E-state index contributed by atoms with van der Waals surface area (Å²) in [4.78, 5) is 0. The lowest BCUT2D eigenvalue weighted by Gasteiger charge is -2.49. The lowest BCUT2D eigenvalue weighted by atomic mass is 9.96. The van der Waals surface area contributed by atoms with E-state index in [0.29, 0.717) is 0 Å². The molecule has 0 bridgehead atoms. The molecule has 0 saturated carbocycles. The second-order valence-electron chi connectivity index (χ2n) is 16.8. The maximum atomic E-state index is 11.6. The molecular weight excluding hydrogens is 896 g/mol. The van der Waals surface area contributed by atoms with Crippen molar-refractivity contribution in [2.24, 2.45) is 0 Å². The highest BCUT2D eigenvalue weighted by Crippen LogP contribution is 2.35. The number of aliphatic hydroxyl groups excluding tert-OH is 18. The van der Waals surface area contributed by atoms with Gasteiger partial charge in [0.15, 0.2) is 37.7 Å². The van der Waals surface area contributed by atoms with E-state index in [2.05, 4.69) is 0 Å². The van der Waals surface area contributed by atoms with Crippen LogP contribution in [-0.2, 0) is 52.1 Å². The van der Waals surface area contributed by atoms with Gasteiger partial charge in [-0.05, 0) is 13.8 Å². The van der Waals surface area contributed by atoms with E-state index in [0.717, 1.165) is 0 Å². The van der Waals surface area contributed by atoms with Crippen LogP contribution < -0.4 is 0 Å². The second-order valence-corrected chi connectivity index (χ2v) is 16.8. The quantitative estimate of drug-likeness (QED) is 0.0768. The normalized spacial score (nSPS) is 54.6. The molecule has 18 N–H and O–H groups in total. The van der Waals surface area contributed by atoms with Crippen LogP contribution in [0.5, 0.6) is 0 Å². The van der Waals surface area contributed by atoms with E-state index < -0.39 is 211 Å². The van der Waals surface area contributed by atoms with Gasteiger partial charge in [0.25, 0.3) is 0 Å². The molecule has 0 spiro atoms. The summed E-state index contributed by atoms with van der Waals surface area (Å²) in [5.41, 5.74) is 0. The fourth-order valence-corrected chi connectivity index (χ4v) is 8.15. The van der Waals surface area contributed by atoms with Crippen LogP contribution in [0.15, 0.2) is 0 Å². The lowest BCUT2D eigenvalue weighted by molar-refractivity contribution is -0.392. The summed E-state index contributed by atoms with van der Waals surface area (Å²) >= 11 is 0. The summed E-state index contributed by atoms with van der Waals surface area (Å²) in [5, 5.41) is 190. The summed E-state index contributed by atoms with van der Waals surface area (Å²) in [6, 6.07) is 0. The third-order valence-corrected chi connectivity index (χ3v) is 12.3. The molecule has 380 valence electrons. The van der Waals surface area contributed by atoms with Crippen molar-refractivity contribution >= 4 is 0 Å². The topological polar surface area (TPSA) is 466 Å². The highest BCUT2D eigenvalue weighted by molar-refractivity contribution is 4.98. The summed E-state index contributed by atoms with van der Waals surface area (Å²) in [5.74, 6) is 0. The van der Waals surface area contributed by atoms with Crippen LogP contribution in [0.1, 0.15) is 13.8 Å². The maximum absolute atomic E-state index is 11.6. The Kier molecular flexibility index (Phi) is 18.2. The molecule has 6 fully saturated rings. The molecule has 0 aliphatic carbocycles. The van der Waals surface area contributed by atoms with Crippen molar-refractivity contribution in [2.75, 3.05) is 26.4 Å². The monoisotopic (exact) mass is 958 g/mol. The van der Waals surface area contributed by atoms with Crippen LogP contribution in [0.25, 0.3) is 0 Å². The van der Waals surface area contributed by atoms with Crippen molar-refractivity contribution in [3.63, 3.8) is 0 Å². The molecule has 30 atom stereocenters. The van der Waals surface area contributed by atoms with Crippen molar-refractivity contribution in [2.45, 2.75) is 198 Å². The first-order valence-corrected chi connectivity index (χ1v) is 20.8. The molecule has 29 heteroatoms. The second kappa shape index (κ2) is 22.3. The lowest BCUT2D eigenvalue weighted by Crippen LogP contribution is -2.67. The van der Waals surface area contributed by atoms with E-state index in [1.807, 2.05) is 0 Å². The Bertz CT molecular complexity index is 1470. The van der Waals surface area contributed by atoms with Crippen LogP contribution >= 0.6 is 0 Å². The van der Waals surface area contributed by atoms with Crippen LogP contribution in [0.3, 0.4) is 0 Å². The van der Waals surface area contributed by atoms with Crippen LogP contribution in [0, 0.1) is 0 Å². The maximum Gasteiger partial charge on any atom is 0.187 e. The van der Waals surface area contributed by atoms with Crippen molar-refractivity contribution in [1.29, 1.82) is 0 Å². The SMILES string of the molecule is C[C@@H]1O[C@@H](O[C@H]2[C@H](OC[C@H]3O[C@@H](O)[C@H](O)[C@@H](O[C@@H]4O[C@H](CO[C@@H]5O[C@H](CO)[C@H](O)[C@H](O)[C@H]5O)[C@H](O)[C@H](O)[C@H]4O[C@@H]4O[C@@H](C)[C@@H](O)[C@@H](O)[C@@H]4O)[C@H]3O)O[C@H](CO)[C@H](O)[C@@H]2O)[C@@H](O)[C@H](O)[C@@H]1O. The summed E-state index contributed by atoms with van der Waals surface area (Å²) < 4.78 is 61.6. The van der Waals surface area contributed by atoms with Crippen molar-refractivity contribution in [1.82, 2.24) is 0 Å². The molecule has 29 nitrogen and oxygen atoms in total. The van der Waals surface area contributed by atoms with Gasteiger partial charge in [0, 0.05) is 0 Å². The van der Waals surface area contributed by atoms with Gasteiger partial charge in [-0.25, -0.2) is 0 Å². The fourth-order valence-electron chi connectivity index (χ4n) is 8.15. The van der Waals surface area contributed by atoms with Gasteiger partial charge in [-0.2, -0.15) is 0 Å². The van der Waals surface area contributed by atoms with Gasteiger partial charge in [0.1, 0.15) is 134 Å². The molecule has 65 heavy (non-hydrogen) atoms. The Morgan fingerprint density at radius 2 is 0.677 bits per heavy atom. The van der Waals surface area contributed by atoms with Crippen LogP contribution in [-0.4, -0.2) is 303 Å². The van der Waals surface area contributed by atoms with Gasteiger partial charge < -0.3 is 144 Å². The van der Waals surface area contributed by atoms with Gasteiger partial charge in [-0.1, -0.05) is 0 Å². The summed E-state index contributed by atoms with van der Waals surface area (Å²) in [6.45, 7) is -0.728. The van der Waals surface area contributed by atoms with E-state index in [9.17, 15) is 91.9 Å².